The molecule has 35 heavy (non-hydrogen) atoms. The Labute approximate surface area is 209 Å². The Morgan fingerprint density at radius 1 is 1.03 bits per heavy atom. The molecule has 2 aromatic carbocycles. The van der Waals surface area contributed by atoms with E-state index < -0.39 is 35.7 Å². The maximum atomic E-state index is 14.1. The average molecular weight is 541 g/mol. The number of nitrogens with one attached hydrogen (secondary N) is 1. The molecule has 0 bridgehead atoms. The van der Waals surface area contributed by atoms with E-state index in [0.29, 0.717) is 23.3 Å². The molecule has 1 N–H and O–H groups in total. The zero-order valence-electron chi connectivity index (χ0n) is 19.2. The highest BCUT2D eigenvalue weighted by molar-refractivity contribution is 8.13. The van der Waals surface area contributed by atoms with Gasteiger partial charge in [-0.1, -0.05) is 0 Å². The first kappa shape index (κ1) is 24.5. The summed E-state index contributed by atoms with van der Waals surface area (Å²) in [5, 5.41) is 0. The molecule has 0 unspecified atom stereocenters. The van der Waals surface area contributed by atoms with Crippen molar-refractivity contribution in [3.8, 4) is 0 Å². The molecule has 0 radical (unpaired) electrons. The third-order valence-corrected chi connectivity index (χ3v) is 10.5. The summed E-state index contributed by atoms with van der Waals surface area (Å²) in [6.07, 6.45) is 6.28. The van der Waals surface area contributed by atoms with Crippen molar-refractivity contribution in [2.45, 2.75) is 55.8 Å². The van der Waals surface area contributed by atoms with E-state index in [1.54, 1.807) is 24.0 Å². The van der Waals surface area contributed by atoms with Crippen LogP contribution in [0.15, 0.2) is 41.3 Å². The second-order valence-electron chi connectivity index (χ2n) is 9.99. The molecule has 2 spiro atoms. The van der Waals surface area contributed by atoms with Crippen LogP contribution < -0.4 is 9.62 Å². The van der Waals surface area contributed by atoms with Gasteiger partial charge in [-0.25, -0.2) is 21.2 Å². The number of amides is 1. The molecule has 2 fully saturated rings. The number of halogens is 2. The molecule has 0 saturated heterocycles. The Kier molecular flexibility index (Phi) is 5.73. The van der Waals surface area contributed by atoms with Crippen molar-refractivity contribution in [1.29, 1.82) is 0 Å². The van der Waals surface area contributed by atoms with Gasteiger partial charge in [-0.05, 0) is 92.8 Å². The van der Waals surface area contributed by atoms with Gasteiger partial charge < -0.3 is 4.90 Å². The summed E-state index contributed by atoms with van der Waals surface area (Å²) in [6, 6.07) is 8.30. The van der Waals surface area contributed by atoms with Crippen LogP contribution in [0.3, 0.4) is 0 Å². The van der Waals surface area contributed by atoms with Crippen LogP contribution in [0.2, 0.25) is 0 Å². The lowest BCUT2D eigenvalue weighted by molar-refractivity contribution is 0.0980. The molecule has 1 amide bonds. The van der Waals surface area contributed by atoms with E-state index in [0.717, 1.165) is 43.4 Å². The zero-order valence-corrected chi connectivity index (χ0v) is 21.6. The number of benzene rings is 2. The van der Waals surface area contributed by atoms with Gasteiger partial charge in [0.05, 0.1) is 5.75 Å². The highest BCUT2D eigenvalue weighted by Gasteiger charge is 2.53. The molecule has 1 heterocycles. The highest BCUT2D eigenvalue weighted by atomic mass is 35.7. The molecule has 7 nitrogen and oxygen atoms in total. The second kappa shape index (κ2) is 8.18. The van der Waals surface area contributed by atoms with E-state index in [9.17, 15) is 26.0 Å². The van der Waals surface area contributed by atoms with E-state index in [1.807, 2.05) is 6.07 Å². The lowest BCUT2D eigenvalue weighted by atomic mass is 9.66. The summed E-state index contributed by atoms with van der Waals surface area (Å²) in [5.41, 5.74) is 2.10. The SMILES string of the molecule is CCS(=O)(=O)Nc1ccc2c(c1)C1(CCC3(CC3)CC1)CN2C(=O)c1ccc(F)c(S(=O)(=O)Cl)c1. The van der Waals surface area contributed by atoms with Crippen molar-refractivity contribution in [1.82, 2.24) is 0 Å². The van der Waals surface area contributed by atoms with Crippen molar-refractivity contribution in [3.63, 3.8) is 0 Å². The number of anilines is 2. The summed E-state index contributed by atoms with van der Waals surface area (Å²) in [5.74, 6) is -1.54. The van der Waals surface area contributed by atoms with Crippen LogP contribution in [-0.2, 0) is 24.5 Å². The molecule has 5 rings (SSSR count). The third-order valence-electron chi connectivity index (χ3n) is 7.88. The Hall–Kier alpha value is -2.17. The molecule has 0 atom stereocenters. The van der Waals surface area contributed by atoms with Gasteiger partial charge in [0, 0.05) is 39.6 Å². The van der Waals surface area contributed by atoms with Gasteiger partial charge in [-0.15, -0.1) is 0 Å². The van der Waals surface area contributed by atoms with E-state index >= 15 is 0 Å². The van der Waals surface area contributed by atoms with E-state index in [-0.39, 0.29) is 16.7 Å². The molecule has 2 aliphatic carbocycles. The standard InChI is InChI=1S/C24H26ClFN2O5S2/c1-2-34(30,31)27-17-4-6-20-18(14-17)24(11-9-23(7-8-23)10-12-24)15-28(20)22(29)16-3-5-19(26)21(13-16)35(25,32)33/h3-6,13-14,27H,2,7-12,15H2,1H3. The first-order chi connectivity index (χ1) is 16.4. The number of carbonyl (C=O) groups is 1. The van der Waals surface area contributed by atoms with Crippen LogP contribution in [0.4, 0.5) is 15.8 Å². The molecular weight excluding hydrogens is 515 g/mol. The topological polar surface area (TPSA) is 101 Å². The van der Waals surface area contributed by atoms with E-state index in [1.165, 1.54) is 18.9 Å². The minimum Gasteiger partial charge on any atom is -0.307 e. The van der Waals surface area contributed by atoms with E-state index in [4.69, 9.17) is 10.7 Å². The Bertz CT molecular complexity index is 1430. The number of hydrogen-bond donors (Lipinski definition) is 1. The van der Waals surface area contributed by atoms with Crippen molar-refractivity contribution < 1.29 is 26.0 Å². The van der Waals surface area contributed by atoms with E-state index in [2.05, 4.69) is 4.72 Å². The lowest BCUT2D eigenvalue weighted by Crippen LogP contribution is -2.40. The summed E-state index contributed by atoms with van der Waals surface area (Å²) < 4.78 is 64.6. The molecular formula is C24H26ClFN2O5S2. The monoisotopic (exact) mass is 540 g/mol. The van der Waals surface area contributed by atoms with Gasteiger partial charge in [0.15, 0.2) is 0 Å². The third kappa shape index (κ3) is 4.44. The first-order valence-corrected chi connectivity index (χ1v) is 15.5. The molecule has 0 aromatic heterocycles. The predicted molar refractivity (Wildman–Crippen MR) is 132 cm³/mol. The van der Waals surface area contributed by atoms with Gasteiger partial charge in [0.25, 0.3) is 15.0 Å². The van der Waals surface area contributed by atoms with Gasteiger partial charge in [0.2, 0.25) is 10.0 Å². The first-order valence-electron chi connectivity index (χ1n) is 11.6. The summed E-state index contributed by atoms with van der Waals surface area (Å²) in [7, 11) is -2.48. The molecule has 188 valence electrons. The average Bonchev–Trinajstić information content (AvgIpc) is 3.50. The smallest absolute Gasteiger partial charge is 0.264 e. The number of sulfonamides is 1. The maximum Gasteiger partial charge on any atom is 0.264 e. The van der Waals surface area contributed by atoms with Gasteiger partial charge in [-0.3, -0.25) is 9.52 Å². The summed E-state index contributed by atoms with van der Waals surface area (Å²) in [4.78, 5) is 14.4. The summed E-state index contributed by atoms with van der Waals surface area (Å²) >= 11 is 0. The van der Waals surface area contributed by atoms with Crippen LogP contribution in [0.1, 0.15) is 61.4 Å². The van der Waals surface area contributed by atoms with Crippen molar-refractivity contribution in [3.05, 3.63) is 53.3 Å². The molecule has 2 saturated carbocycles. The second-order valence-corrected chi connectivity index (χ2v) is 14.5. The van der Waals surface area contributed by atoms with Crippen LogP contribution >= 0.6 is 10.7 Å². The Balaban J connectivity index is 1.55. The highest BCUT2D eigenvalue weighted by Crippen LogP contribution is 2.62. The largest absolute Gasteiger partial charge is 0.307 e. The van der Waals surface area contributed by atoms with Crippen LogP contribution in [-0.4, -0.2) is 35.0 Å². The normalized spacial score (nSPS) is 20.1. The lowest BCUT2D eigenvalue weighted by Gasteiger charge is -2.38. The quantitative estimate of drug-likeness (QED) is 0.551. The van der Waals surface area contributed by atoms with Crippen molar-refractivity contribution in [2.75, 3.05) is 21.9 Å². The Morgan fingerprint density at radius 3 is 2.29 bits per heavy atom. The maximum absolute atomic E-state index is 14.1. The summed E-state index contributed by atoms with van der Waals surface area (Å²) in [6.45, 7) is 1.95. The predicted octanol–water partition coefficient (Wildman–Crippen LogP) is 4.77. The fourth-order valence-electron chi connectivity index (χ4n) is 5.51. The van der Waals surface area contributed by atoms with Crippen molar-refractivity contribution >= 4 is 47.0 Å². The fraction of sp³-hybridized carbons (Fsp3) is 0.458. The number of nitrogens with zero attached hydrogens (tertiary/aromatic N) is 1. The minimum atomic E-state index is -4.37. The number of hydrogen-bond acceptors (Lipinski definition) is 5. The molecule has 2 aromatic rings. The van der Waals surface area contributed by atoms with Crippen molar-refractivity contribution in [2.24, 2.45) is 5.41 Å². The molecule has 11 heteroatoms. The number of fused-ring (bicyclic) bond motifs is 2. The minimum absolute atomic E-state index is 0.0128. The van der Waals surface area contributed by atoms with Gasteiger partial charge >= 0.3 is 0 Å². The number of rotatable bonds is 5. The van der Waals surface area contributed by atoms with Crippen LogP contribution in [0.25, 0.3) is 0 Å². The van der Waals surface area contributed by atoms with Gasteiger partial charge in [-0.2, -0.15) is 0 Å². The Morgan fingerprint density at radius 2 is 1.69 bits per heavy atom. The zero-order chi connectivity index (χ0) is 25.2. The molecule has 1 aliphatic heterocycles. The number of carbonyl (C=O) groups excluding carboxylic acids is 1. The fourth-order valence-corrected chi connectivity index (χ4v) is 7.06. The van der Waals surface area contributed by atoms with Crippen LogP contribution in [0, 0.1) is 11.2 Å². The van der Waals surface area contributed by atoms with Gasteiger partial charge in [0.1, 0.15) is 10.7 Å². The molecule has 3 aliphatic rings. The van der Waals surface area contributed by atoms with Crippen LogP contribution in [0.5, 0.6) is 0 Å².